The van der Waals surface area contributed by atoms with Gasteiger partial charge in [-0.05, 0) is 40.2 Å². The zero-order valence-electron chi connectivity index (χ0n) is 8.03. The molecule has 0 bridgehead atoms. The van der Waals surface area contributed by atoms with Crippen molar-refractivity contribution in [2.75, 3.05) is 7.11 Å². The molecule has 76 valence electrons. The summed E-state index contributed by atoms with van der Waals surface area (Å²) in [6, 6.07) is 7.17. The van der Waals surface area contributed by atoms with E-state index in [1.165, 1.54) is 0 Å². The number of fused-ring (bicyclic) bond motifs is 1. The summed E-state index contributed by atoms with van der Waals surface area (Å²) in [5.74, 6) is 0.658. The fourth-order valence-electron chi connectivity index (χ4n) is 1.37. The summed E-state index contributed by atoms with van der Waals surface area (Å²) in [7, 11) is 1.58. The van der Waals surface area contributed by atoms with E-state index >= 15 is 0 Å². The van der Waals surface area contributed by atoms with E-state index in [1.807, 2.05) is 12.1 Å². The van der Waals surface area contributed by atoms with E-state index in [2.05, 4.69) is 20.9 Å². The molecule has 0 amide bonds. The van der Waals surface area contributed by atoms with Gasteiger partial charge in [-0.3, -0.25) is 4.79 Å². The van der Waals surface area contributed by atoms with E-state index in [-0.39, 0.29) is 0 Å². The topological polar surface area (TPSA) is 39.2 Å². The third-order valence-electron chi connectivity index (χ3n) is 2.12. The molecule has 0 saturated carbocycles. The molecule has 0 spiro atoms. The molecule has 0 atom stereocenters. The van der Waals surface area contributed by atoms with Crippen molar-refractivity contribution in [3.05, 3.63) is 34.4 Å². The van der Waals surface area contributed by atoms with Gasteiger partial charge in [0.15, 0.2) is 5.75 Å². The van der Waals surface area contributed by atoms with Gasteiger partial charge < -0.3 is 4.74 Å². The van der Waals surface area contributed by atoms with Crippen LogP contribution >= 0.6 is 15.9 Å². The van der Waals surface area contributed by atoms with Crippen LogP contribution in [0.5, 0.6) is 5.75 Å². The Labute approximate surface area is 95.2 Å². The number of carbonyl (C=O) groups is 1. The van der Waals surface area contributed by atoms with Gasteiger partial charge in [0.25, 0.3) is 0 Å². The van der Waals surface area contributed by atoms with Crippen molar-refractivity contribution >= 4 is 33.1 Å². The largest absolute Gasteiger partial charge is 0.494 e. The molecule has 0 N–H and O–H groups in total. The van der Waals surface area contributed by atoms with Crippen LogP contribution < -0.4 is 4.74 Å². The highest BCUT2D eigenvalue weighted by Crippen LogP contribution is 2.27. The Morgan fingerprint density at radius 2 is 2.20 bits per heavy atom. The van der Waals surface area contributed by atoms with Gasteiger partial charge in [0.05, 0.1) is 12.6 Å². The Morgan fingerprint density at radius 1 is 1.40 bits per heavy atom. The first-order chi connectivity index (χ1) is 7.24. The van der Waals surface area contributed by atoms with Crippen LogP contribution in [0.2, 0.25) is 0 Å². The number of aldehydes is 1. The predicted octanol–water partition coefficient (Wildman–Crippen LogP) is 2.82. The number of carbonyl (C=O) groups excluding carboxylic acids is 1. The van der Waals surface area contributed by atoms with Crippen LogP contribution in [0.4, 0.5) is 0 Å². The first-order valence-corrected chi connectivity index (χ1v) is 5.13. The van der Waals surface area contributed by atoms with Crippen molar-refractivity contribution in [1.29, 1.82) is 0 Å². The minimum Gasteiger partial charge on any atom is -0.494 e. The number of ether oxygens (including phenoxy) is 1. The highest BCUT2D eigenvalue weighted by molar-refractivity contribution is 9.10. The third kappa shape index (κ3) is 1.85. The summed E-state index contributed by atoms with van der Waals surface area (Å²) in [6.07, 6.45) is 0.813. The molecule has 0 radical (unpaired) electrons. The lowest BCUT2D eigenvalue weighted by atomic mass is 10.1. The minimum atomic E-state index is 0.633. The minimum absolute atomic E-state index is 0.633. The molecular formula is C11H8BrNO2. The van der Waals surface area contributed by atoms with Gasteiger partial charge in [0, 0.05) is 10.9 Å². The standard InChI is InChI=1S/C11H8BrNO2/c1-15-10-5-8-4-7(6-14)2-3-9(8)13-11(10)12/h2-6H,1H3. The predicted molar refractivity (Wildman–Crippen MR) is 61.4 cm³/mol. The average molecular weight is 266 g/mol. The van der Waals surface area contributed by atoms with Gasteiger partial charge in [-0.1, -0.05) is 0 Å². The quantitative estimate of drug-likeness (QED) is 0.619. The molecule has 1 aromatic carbocycles. The molecule has 0 aliphatic heterocycles. The smallest absolute Gasteiger partial charge is 0.152 e. The Bertz CT molecular complexity index is 525. The maximum absolute atomic E-state index is 10.6. The molecule has 2 rings (SSSR count). The molecule has 0 unspecified atom stereocenters. The molecule has 4 heteroatoms. The van der Waals surface area contributed by atoms with Crippen LogP contribution in [0.3, 0.4) is 0 Å². The van der Waals surface area contributed by atoms with Gasteiger partial charge in [0.1, 0.15) is 10.9 Å². The van der Waals surface area contributed by atoms with Crippen molar-refractivity contribution in [2.24, 2.45) is 0 Å². The van der Waals surface area contributed by atoms with Crippen LogP contribution in [0.15, 0.2) is 28.9 Å². The number of nitrogens with zero attached hydrogens (tertiary/aromatic N) is 1. The Kier molecular flexibility index (Phi) is 2.68. The molecule has 0 saturated heterocycles. The molecule has 0 aliphatic carbocycles. The molecular weight excluding hydrogens is 258 g/mol. The Balaban J connectivity index is 2.71. The fourth-order valence-corrected chi connectivity index (χ4v) is 1.84. The second-order valence-corrected chi connectivity index (χ2v) is 3.80. The first-order valence-electron chi connectivity index (χ1n) is 4.34. The normalized spacial score (nSPS) is 10.3. The number of aromatic nitrogens is 1. The molecule has 1 heterocycles. The Morgan fingerprint density at radius 3 is 2.87 bits per heavy atom. The summed E-state index contributed by atoms with van der Waals surface area (Å²) < 4.78 is 5.79. The number of pyridine rings is 1. The monoisotopic (exact) mass is 265 g/mol. The summed E-state index contributed by atoms with van der Waals surface area (Å²) in [4.78, 5) is 14.9. The highest BCUT2D eigenvalue weighted by Gasteiger charge is 2.04. The van der Waals surface area contributed by atoms with Crippen molar-refractivity contribution in [2.45, 2.75) is 0 Å². The highest BCUT2D eigenvalue weighted by atomic mass is 79.9. The van der Waals surface area contributed by atoms with E-state index in [1.54, 1.807) is 19.2 Å². The number of methoxy groups -OCH3 is 1. The summed E-state index contributed by atoms with van der Waals surface area (Å²) in [5, 5.41) is 0.889. The molecule has 3 nitrogen and oxygen atoms in total. The number of benzene rings is 1. The van der Waals surface area contributed by atoms with Crippen LogP contribution in [-0.2, 0) is 0 Å². The number of hydrogen-bond donors (Lipinski definition) is 0. The van der Waals surface area contributed by atoms with E-state index < -0.39 is 0 Å². The van der Waals surface area contributed by atoms with Gasteiger partial charge in [-0.2, -0.15) is 0 Å². The summed E-state index contributed by atoms with van der Waals surface area (Å²) >= 11 is 3.31. The summed E-state index contributed by atoms with van der Waals surface area (Å²) in [5.41, 5.74) is 1.46. The van der Waals surface area contributed by atoms with Crippen LogP contribution in [0, 0.1) is 0 Å². The third-order valence-corrected chi connectivity index (χ3v) is 2.68. The molecule has 0 aliphatic rings. The van der Waals surface area contributed by atoms with Crippen molar-refractivity contribution in [3.8, 4) is 5.75 Å². The zero-order chi connectivity index (χ0) is 10.8. The summed E-state index contributed by atoms with van der Waals surface area (Å²) in [6.45, 7) is 0. The SMILES string of the molecule is COc1cc2cc(C=O)ccc2nc1Br. The van der Waals surface area contributed by atoms with Gasteiger partial charge >= 0.3 is 0 Å². The first kappa shape index (κ1) is 10.1. The average Bonchev–Trinajstić information content (AvgIpc) is 2.27. The lowest BCUT2D eigenvalue weighted by Gasteiger charge is -2.04. The van der Waals surface area contributed by atoms with Crippen LogP contribution in [-0.4, -0.2) is 18.4 Å². The number of rotatable bonds is 2. The van der Waals surface area contributed by atoms with Crippen LogP contribution in [0.25, 0.3) is 10.9 Å². The lowest BCUT2D eigenvalue weighted by Crippen LogP contribution is -1.89. The number of hydrogen-bond acceptors (Lipinski definition) is 3. The van der Waals surface area contributed by atoms with E-state index in [0.29, 0.717) is 15.9 Å². The fraction of sp³-hybridized carbons (Fsp3) is 0.0909. The second-order valence-electron chi connectivity index (χ2n) is 3.05. The lowest BCUT2D eigenvalue weighted by molar-refractivity contribution is 0.112. The number of halogens is 1. The van der Waals surface area contributed by atoms with Gasteiger partial charge in [-0.15, -0.1) is 0 Å². The van der Waals surface area contributed by atoms with Gasteiger partial charge in [0.2, 0.25) is 0 Å². The van der Waals surface area contributed by atoms with E-state index in [0.717, 1.165) is 17.2 Å². The zero-order valence-corrected chi connectivity index (χ0v) is 9.61. The van der Waals surface area contributed by atoms with E-state index in [4.69, 9.17) is 4.74 Å². The Hall–Kier alpha value is -1.42. The van der Waals surface area contributed by atoms with Crippen molar-refractivity contribution in [1.82, 2.24) is 4.98 Å². The van der Waals surface area contributed by atoms with Crippen LogP contribution in [0.1, 0.15) is 10.4 Å². The van der Waals surface area contributed by atoms with Gasteiger partial charge in [-0.25, -0.2) is 4.98 Å². The van der Waals surface area contributed by atoms with E-state index in [9.17, 15) is 4.79 Å². The maximum atomic E-state index is 10.6. The second kappa shape index (κ2) is 3.98. The molecule has 1 aromatic heterocycles. The molecule has 15 heavy (non-hydrogen) atoms. The molecule has 2 aromatic rings. The maximum Gasteiger partial charge on any atom is 0.152 e. The van der Waals surface area contributed by atoms with Crippen molar-refractivity contribution < 1.29 is 9.53 Å². The molecule has 0 fully saturated rings. The van der Waals surface area contributed by atoms with Crippen molar-refractivity contribution in [3.63, 3.8) is 0 Å².